The highest BCUT2D eigenvalue weighted by Gasteiger charge is 2.46. The smallest absolute Gasteiger partial charge is 0.379 e. The zero-order valence-corrected chi connectivity index (χ0v) is 21.3. The summed E-state index contributed by atoms with van der Waals surface area (Å²) in [5.41, 5.74) is -0.428. The number of amides is 2. The predicted molar refractivity (Wildman–Crippen MR) is 125 cm³/mol. The van der Waals surface area contributed by atoms with Crippen molar-refractivity contribution in [2.75, 3.05) is 32.8 Å². The second kappa shape index (κ2) is 11.1. The number of H-pyrrole nitrogens is 1. The first-order valence-corrected chi connectivity index (χ1v) is 12.3. The zero-order valence-electron chi connectivity index (χ0n) is 21.3. The third kappa shape index (κ3) is 6.10. The summed E-state index contributed by atoms with van der Waals surface area (Å²) >= 11 is 0. The number of nitrogens with one attached hydrogen (secondary N) is 1. The van der Waals surface area contributed by atoms with E-state index < -0.39 is 29.4 Å². The van der Waals surface area contributed by atoms with Gasteiger partial charge in [-0.2, -0.15) is 18.0 Å². The molecular weight excluding hydrogens is 528 g/mol. The van der Waals surface area contributed by atoms with Gasteiger partial charge in [0.2, 0.25) is 5.91 Å². The summed E-state index contributed by atoms with van der Waals surface area (Å²) in [6.45, 7) is 4.19. The normalized spacial score (nSPS) is 18.3. The molecule has 0 bridgehead atoms. The number of aromatic nitrogens is 2. The quantitative estimate of drug-likeness (QED) is 0.435. The Morgan fingerprint density at radius 2 is 1.92 bits per heavy atom. The topological polar surface area (TPSA) is 113 Å². The highest BCUT2D eigenvalue weighted by Crippen LogP contribution is 2.21. The fourth-order valence-electron chi connectivity index (χ4n) is 4.62. The Labute approximate surface area is 220 Å². The van der Waals surface area contributed by atoms with Crippen LogP contribution in [-0.4, -0.2) is 77.7 Å². The van der Waals surface area contributed by atoms with Crippen LogP contribution < -0.4 is 15.2 Å². The lowest BCUT2D eigenvalue weighted by Crippen LogP contribution is -2.58. The number of alkyl halides is 3. The molecule has 1 N–H and O–H groups in total. The van der Waals surface area contributed by atoms with Crippen LogP contribution in [-0.2, 0) is 20.7 Å². The van der Waals surface area contributed by atoms with Crippen molar-refractivity contribution < 1.29 is 46.4 Å². The first-order valence-electron chi connectivity index (χ1n) is 12.3. The van der Waals surface area contributed by atoms with Crippen molar-refractivity contribution in [1.29, 1.82) is 0 Å². The van der Waals surface area contributed by atoms with Crippen LogP contribution in [0.4, 0.5) is 17.6 Å². The summed E-state index contributed by atoms with van der Waals surface area (Å²) in [5.74, 6) is -4.38. The molecule has 39 heavy (non-hydrogen) atoms. The molecule has 0 radical (unpaired) electrons. The molecular formula is C25H27F4N4O6+. The van der Waals surface area contributed by atoms with Crippen molar-refractivity contribution in [1.82, 2.24) is 14.9 Å². The van der Waals surface area contributed by atoms with E-state index in [1.54, 1.807) is 4.90 Å². The Bertz CT molecular complexity index is 1350. The molecule has 0 saturated carbocycles. The number of ether oxygens (including phenoxy) is 1. The molecule has 4 rings (SSSR count). The van der Waals surface area contributed by atoms with E-state index in [1.807, 2.05) is 0 Å². The highest BCUT2D eigenvalue weighted by atomic mass is 19.4. The Morgan fingerprint density at radius 1 is 1.18 bits per heavy atom. The van der Waals surface area contributed by atoms with E-state index in [2.05, 4.69) is 9.94 Å². The average Bonchev–Trinajstić information content (AvgIpc) is 2.90. The second-order valence-corrected chi connectivity index (χ2v) is 9.48. The minimum Gasteiger partial charge on any atom is -0.379 e. The fourth-order valence-corrected chi connectivity index (χ4v) is 4.62. The van der Waals surface area contributed by atoms with Gasteiger partial charge < -0.3 is 14.5 Å². The summed E-state index contributed by atoms with van der Waals surface area (Å²) in [6, 6.07) is 3.50. The van der Waals surface area contributed by atoms with E-state index in [-0.39, 0.29) is 66.0 Å². The third-order valence-electron chi connectivity index (χ3n) is 6.94. The van der Waals surface area contributed by atoms with Gasteiger partial charge in [-0.05, 0) is 44.4 Å². The lowest BCUT2D eigenvalue weighted by atomic mass is 10.0. The van der Waals surface area contributed by atoms with Crippen molar-refractivity contribution in [2.45, 2.75) is 45.3 Å². The van der Waals surface area contributed by atoms with Gasteiger partial charge in [0.25, 0.3) is 11.6 Å². The molecule has 1 atom stereocenters. The van der Waals surface area contributed by atoms with E-state index in [4.69, 9.17) is 4.74 Å². The molecule has 14 heteroatoms. The zero-order chi connectivity index (χ0) is 28.5. The number of benzene rings is 1. The molecule has 0 aliphatic carbocycles. The maximum atomic E-state index is 14.8. The lowest BCUT2D eigenvalue weighted by molar-refractivity contribution is -0.921. The number of piperazine rings is 1. The number of nitrogens with zero attached hydrogens (tertiary/aromatic N) is 3. The van der Waals surface area contributed by atoms with Crippen LogP contribution in [0.25, 0.3) is 0 Å². The first kappa shape index (κ1) is 28.2. The molecule has 2 aliphatic rings. The summed E-state index contributed by atoms with van der Waals surface area (Å²) in [4.78, 5) is 57.1. The van der Waals surface area contributed by atoms with Crippen LogP contribution in [0.15, 0.2) is 23.0 Å². The monoisotopic (exact) mass is 555 g/mol. The van der Waals surface area contributed by atoms with Crippen LogP contribution in [0.2, 0.25) is 0 Å². The number of hydrogen-bond donors (Lipinski definition) is 1. The predicted octanol–water partition coefficient (Wildman–Crippen LogP) is 0.990. The summed E-state index contributed by atoms with van der Waals surface area (Å²) in [5, 5.41) is 2.06. The lowest BCUT2D eigenvalue weighted by Gasteiger charge is -2.40. The van der Waals surface area contributed by atoms with E-state index in [9.17, 15) is 36.7 Å². The fraction of sp³-hybridized carbons (Fsp3) is 0.480. The molecule has 210 valence electrons. The average molecular weight is 556 g/mol. The maximum absolute atomic E-state index is 14.8. The minimum absolute atomic E-state index is 0.0202. The van der Waals surface area contributed by atoms with Gasteiger partial charge in [0.15, 0.2) is 0 Å². The van der Waals surface area contributed by atoms with Crippen LogP contribution in [0.5, 0.6) is 0 Å². The largest absolute Gasteiger partial charge is 0.498 e. The Balaban J connectivity index is 1.56. The van der Waals surface area contributed by atoms with Crippen LogP contribution in [0.3, 0.4) is 0 Å². The number of aromatic amines is 1. The summed E-state index contributed by atoms with van der Waals surface area (Å²) in [7, 11) is 0. The second-order valence-electron chi connectivity index (χ2n) is 9.48. The third-order valence-corrected chi connectivity index (χ3v) is 6.94. The van der Waals surface area contributed by atoms with Gasteiger partial charge in [0.1, 0.15) is 17.2 Å². The van der Waals surface area contributed by atoms with Crippen LogP contribution in [0, 0.1) is 19.7 Å². The SMILES string of the molecule is Cc1c(C)c(=O)[nH][n+](OC(=O)C(F)(F)F)c1Cc1ccc(F)c(C(=O)N2CCN(C3CCCOC3)C(=O)C2)c1. The number of rotatable bonds is 5. The van der Waals surface area contributed by atoms with Crippen LogP contribution in [0.1, 0.15) is 45.6 Å². The van der Waals surface area contributed by atoms with E-state index in [1.165, 1.54) is 30.9 Å². The van der Waals surface area contributed by atoms with Crippen molar-refractivity contribution in [3.8, 4) is 0 Å². The van der Waals surface area contributed by atoms with Gasteiger partial charge in [0.05, 0.1) is 24.6 Å². The molecule has 1 aromatic heterocycles. The van der Waals surface area contributed by atoms with E-state index in [0.29, 0.717) is 18.1 Å². The Hall–Kier alpha value is -3.81. The van der Waals surface area contributed by atoms with Crippen molar-refractivity contribution in [3.63, 3.8) is 0 Å². The number of carbonyl (C=O) groups excluding carboxylic acids is 3. The minimum atomic E-state index is -5.32. The molecule has 1 aromatic carbocycles. The van der Waals surface area contributed by atoms with Crippen LogP contribution >= 0.6 is 0 Å². The molecule has 10 nitrogen and oxygen atoms in total. The van der Waals surface area contributed by atoms with E-state index >= 15 is 0 Å². The van der Waals surface area contributed by atoms with Crippen molar-refractivity contribution in [3.05, 3.63) is 62.3 Å². The molecule has 3 heterocycles. The first-order chi connectivity index (χ1) is 18.4. The number of hydrogen-bond acceptors (Lipinski definition) is 6. The molecule has 2 aromatic rings. The van der Waals surface area contributed by atoms with Gasteiger partial charge in [-0.15, -0.1) is 0 Å². The Kier molecular flexibility index (Phi) is 8.04. The summed E-state index contributed by atoms with van der Waals surface area (Å²) in [6.07, 6.45) is -3.90. The van der Waals surface area contributed by atoms with Gasteiger partial charge >= 0.3 is 17.7 Å². The molecule has 1 unspecified atom stereocenters. The molecule has 2 amide bonds. The van der Waals surface area contributed by atoms with E-state index in [0.717, 1.165) is 18.9 Å². The number of carbonyl (C=O) groups is 3. The molecule has 0 spiro atoms. The van der Waals surface area contributed by atoms with Crippen molar-refractivity contribution in [2.24, 2.45) is 0 Å². The van der Waals surface area contributed by atoms with Gasteiger partial charge in [0, 0.05) is 30.8 Å². The standard InChI is InChI=1S/C25H26F4N4O6/c1-14-15(2)22(35)30-33(39-24(37)25(27,28)29)20(14)11-16-5-6-19(26)18(10-16)23(36)31-7-8-32(21(34)12-31)17-4-3-9-38-13-17/h5-6,10,17H,3-4,7-9,11-13H2,1-2H3/p+1. The molecule has 2 fully saturated rings. The van der Waals surface area contributed by atoms with Gasteiger partial charge in [-0.3, -0.25) is 14.4 Å². The van der Waals surface area contributed by atoms with Gasteiger partial charge in [-0.25, -0.2) is 9.18 Å². The van der Waals surface area contributed by atoms with Gasteiger partial charge in [-0.1, -0.05) is 11.2 Å². The summed E-state index contributed by atoms with van der Waals surface area (Å²) < 4.78 is 58.6. The molecule has 2 aliphatic heterocycles. The number of halogens is 4. The molecule has 2 saturated heterocycles. The maximum Gasteiger partial charge on any atom is 0.498 e. The highest BCUT2D eigenvalue weighted by molar-refractivity contribution is 5.97. The Morgan fingerprint density at radius 3 is 2.56 bits per heavy atom. The van der Waals surface area contributed by atoms with Crippen molar-refractivity contribution >= 4 is 17.8 Å².